The molecule has 1 heterocycles. The van der Waals surface area contributed by atoms with Crippen LogP contribution < -0.4 is 0 Å². The molecule has 0 aromatic rings. The lowest BCUT2D eigenvalue weighted by molar-refractivity contribution is 0.413. The third-order valence-electron chi connectivity index (χ3n) is 3.15. The van der Waals surface area contributed by atoms with Crippen LogP contribution in [0.4, 0.5) is 0 Å². The SMILES string of the molecule is CC1=CCC(CC(C)C(C)C)=C(C)S1. The number of allylic oxidation sites excluding steroid dienone is 4. The Labute approximate surface area is 92.9 Å². The van der Waals surface area contributed by atoms with Crippen molar-refractivity contribution in [3.05, 3.63) is 21.5 Å². The van der Waals surface area contributed by atoms with Gasteiger partial charge in [-0.05, 0) is 48.3 Å². The molecule has 0 amide bonds. The average molecular weight is 210 g/mol. The van der Waals surface area contributed by atoms with Gasteiger partial charge in [0.15, 0.2) is 0 Å². The van der Waals surface area contributed by atoms with E-state index in [1.165, 1.54) is 22.7 Å². The van der Waals surface area contributed by atoms with Crippen LogP contribution in [0.5, 0.6) is 0 Å². The lowest BCUT2D eigenvalue weighted by Crippen LogP contribution is -2.06. The first kappa shape index (κ1) is 11.9. The Morgan fingerprint density at radius 2 is 1.93 bits per heavy atom. The van der Waals surface area contributed by atoms with Crippen molar-refractivity contribution in [2.45, 2.75) is 47.5 Å². The molecule has 1 rings (SSSR count). The van der Waals surface area contributed by atoms with E-state index in [1.807, 2.05) is 11.8 Å². The molecule has 1 aliphatic heterocycles. The predicted octanol–water partition coefficient (Wildman–Crippen LogP) is 4.98. The smallest absolute Gasteiger partial charge is 0.0117 e. The van der Waals surface area contributed by atoms with E-state index < -0.39 is 0 Å². The van der Waals surface area contributed by atoms with Crippen LogP contribution in [0.2, 0.25) is 0 Å². The van der Waals surface area contributed by atoms with Crippen molar-refractivity contribution < 1.29 is 0 Å². The van der Waals surface area contributed by atoms with Crippen LogP contribution >= 0.6 is 11.8 Å². The monoisotopic (exact) mass is 210 g/mol. The molecular formula is C13H22S. The summed E-state index contributed by atoms with van der Waals surface area (Å²) in [6, 6.07) is 0. The van der Waals surface area contributed by atoms with Crippen LogP contribution in [0.25, 0.3) is 0 Å². The maximum Gasteiger partial charge on any atom is -0.0117 e. The minimum absolute atomic E-state index is 0.798. The first-order valence-corrected chi connectivity index (χ1v) is 6.35. The highest BCUT2D eigenvalue weighted by Crippen LogP contribution is 2.37. The zero-order valence-electron chi connectivity index (χ0n) is 10.1. The van der Waals surface area contributed by atoms with E-state index >= 15 is 0 Å². The Balaban J connectivity index is 2.57. The molecule has 0 saturated heterocycles. The molecule has 0 nitrogen and oxygen atoms in total. The van der Waals surface area contributed by atoms with E-state index in [-0.39, 0.29) is 0 Å². The fraction of sp³-hybridized carbons (Fsp3) is 0.692. The third kappa shape index (κ3) is 3.20. The van der Waals surface area contributed by atoms with Gasteiger partial charge >= 0.3 is 0 Å². The van der Waals surface area contributed by atoms with Gasteiger partial charge in [-0.25, -0.2) is 0 Å². The van der Waals surface area contributed by atoms with Gasteiger partial charge in [0.2, 0.25) is 0 Å². The Bertz CT molecular complexity index is 258. The van der Waals surface area contributed by atoms with Gasteiger partial charge in [0.25, 0.3) is 0 Å². The number of rotatable bonds is 3. The molecule has 0 spiro atoms. The van der Waals surface area contributed by atoms with Crippen molar-refractivity contribution in [1.29, 1.82) is 0 Å². The van der Waals surface area contributed by atoms with Crippen LogP contribution in [0.3, 0.4) is 0 Å². The van der Waals surface area contributed by atoms with E-state index in [2.05, 4.69) is 40.7 Å². The first-order valence-electron chi connectivity index (χ1n) is 5.54. The normalized spacial score (nSPS) is 20.0. The van der Waals surface area contributed by atoms with Crippen LogP contribution in [-0.4, -0.2) is 0 Å². The molecule has 1 atom stereocenters. The highest BCUT2D eigenvalue weighted by atomic mass is 32.2. The Morgan fingerprint density at radius 1 is 1.29 bits per heavy atom. The molecule has 0 aliphatic carbocycles. The van der Waals surface area contributed by atoms with Gasteiger partial charge in [-0.1, -0.05) is 44.2 Å². The molecule has 0 saturated carbocycles. The van der Waals surface area contributed by atoms with E-state index in [9.17, 15) is 0 Å². The fourth-order valence-electron chi connectivity index (χ4n) is 1.62. The lowest BCUT2D eigenvalue weighted by Gasteiger charge is -2.21. The van der Waals surface area contributed by atoms with Crippen LogP contribution in [0.1, 0.15) is 47.5 Å². The summed E-state index contributed by atoms with van der Waals surface area (Å²) in [5.41, 5.74) is 1.65. The zero-order valence-corrected chi connectivity index (χ0v) is 10.9. The van der Waals surface area contributed by atoms with E-state index in [0.717, 1.165) is 11.8 Å². The third-order valence-corrected chi connectivity index (χ3v) is 4.24. The van der Waals surface area contributed by atoms with Crippen LogP contribution in [0, 0.1) is 11.8 Å². The molecule has 0 bridgehead atoms. The maximum atomic E-state index is 2.36. The Hall–Kier alpha value is -0.170. The van der Waals surface area contributed by atoms with Crippen molar-refractivity contribution in [2.75, 3.05) is 0 Å². The molecule has 1 unspecified atom stereocenters. The summed E-state index contributed by atoms with van der Waals surface area (Å²) in [7, 11) is 0. The largest absolute Gasteiger partial charge is 0.1000 e. The molecule has 1 heteroatoms. The lowest BCUT2D eigenvalue weighted by atomic mass is 9.89. The summed E-state index contributed by atoms with van der Waals surface area (Å²) >= 11 is 1.94. The fourth-order valence-corrected chi connectivity index (χ4v) is 2.58. The summed E-state index contributed by atoms with van der Waals surface area (Å²) < 4.78 is 0. The molecule has 0 aromatic heterocycles. The van der Waals surface area contributed by atoms with E-state index in [4.69, 9.17) is 0 Å². The molecular weight excluding hydrogens is 188 g/mol. The minimum Gasteiger partial charge on any atom is -0.1000 e. The van der Waals surface area contributed by atoms with E-state index in [0.29, 0.717) is 0 Å². The van der Waals surface area contributed by atoms with Gasteiger partial charge in [-0.15, -0.1) is 0 Å². The van der Waals surface area contributed by atoms with Crippen LogP contribution in [0.15, 0.2) is 21.5 Å². The molecule has 0 radical (unpaired) electrons. The van der Waals surface area contributed by atoms with Crippen molar-refractivity contribution in [3.8, 4) is 0 Å². The van der Waals surface area contributed by atoms with E-state index in [1.54, 1.807) is 5.57 Å². The first-order chi connectivity index (χ1) is 6.50. The standard InChI is InChI=1S/C13H22S/c1-9(2)10(3)8-13-7-6-11(4)14-12(13)5/h6,9-10H,7-8H2,1-5H3. The van der Waals surface area contributed by atoms with Gasteiger partial charge in [0.05, 0.1) is 0 Å². The second-order valence-electron chi connectivity index (χ2n) is 4.71. The molecule has 0 N–H and O–H groups in total. The second-order valence-corrected chi connectivity index (χ2v) is 6.17. The molecule has 0 aromatic carbocycles. The van der Waals surface area contributed by atoms with Crippen molar-refractivity contribution in [1.82, 2.24) is 0 Å². The average Bonchev–Trinajstić information content (AvgIpc) is 2.09. The topological polar surface area (TPSA) is 0 Å². The number of hydrogen-bond acceptors (Lipinski definition) is 1. The van der Waals surface area contributed by atoms with Gasteiger partial charge in [0, 0.05) is 0 Å². The summed E-state index contributed by atoms with van der Waals surface area (Å²) in [6.07, 6.45) is 4.82. The second kappa shape index (κ2) is 5.06. The Morgan fingerprint density at radius 3 is 2.43 bits per heavy atom. The molecule has 0 fully saturated rings. The number of hydrogen-bond donors (Lipinski definition) is 0. The Kier molecular flexibility index (Phi) is 4.31. The zero-order chi connectivity index (χ0) is 10.7. The van der Waals surface area contributed by atoms with Gasteiger partial charge in [-0.3, -0.25) is 0 Å². The summed E-state index contributed by atoms with van der Waals surface area (Å²) in [5, 5.41) is 0. The van der Waals surface area contributed by atoms with Crippen molar-refractivity contribution in [3.63, 3.8) is 0 Å². The van der Waals surface area contributed by atoms with Crippen molar-refractivity contribution >= 4 is 11.8 Å². The van der Waals surface area contributed by atoms with Gasteiger partial charge in [0.1, 0.15) is 0 Å². The minimum atomic E-state index is 0.798. The van der Waals surface area contributed by atoms with Gasteiger partial charge < -0.3 is 0 Å². The van der Waals surface area contributed by atoms with Crippen molar-refractivity contribution in [2.24, 2.45) is 11.8 Å². The molecule has 80 valence electrons. The van der Waals surface area contributed by atoms with Gasteiger partial charge in [-0.2, -0.15) is 0 Å². The van der Waals surface area contributed by atoms with Crippen LogP contribution in [-0.2, 0) is 0 Å². The molecule has 1 aliphatic rings. The predicted molar refractivity (Wildman–Crippen MR) is 67.3 cm³/mol. The quantitative estimate of drug-likeness (QED) is 0.633. The maximum absolute atomic E-state index is 2.36. The highest BCUT2D eigenvalue weighted by Gasteiger charge is 2.14. The summed E-state index contributed by atoms with van der Waals surface area (Å²) in [5.74, 6) is 1.61. The summed E-state index contributed by atoms with van der Waals surface area (Å²) in [6.45, 7) is 11.5. The highest BCUT2D eigenvalue weighted by molar-refractivity contribution is 8.06. The summed E-state index contributed by atoms with van der Waals surface area (Å²) in [4.78, 5) is 3.00. The number of thioether (sulfide) groups is 1. The molecule has 14 heavy (non-hydrogen) atoms.